The Bertz CT molecular complexity index is 1030. The Labute approximate surface area is 158 Å². The third-order valence-corrected chi connectivity index (χ3v) is 5.62. The standard InChI is InChI=1S/C19H20N4O3S/c1-14(15-6-10-18(11-7-15)27(3,25)26)22(2)19(24)16-4-8-17(9-5-16)23-13-20-12-21-23/h4-14H,1-3H3. The van der Waals surface area contributed by atoms with Gasteiger partial charge in [-0.2, -0.15) is 5.10 Å². The summed E-state index contributed by atoms with van der Waals surface area (Å²) in [4.78, 5) is 18.6. The number of nitrogens with zero attached hydrogens (tertiary/aromatic N) is 4. The molecule has 0 N–H and O–H groups in total. The molecule has 0 aliphatic carbocycles. The zero-order valence-electron chi connectivity index (χ0n) is 15.3. The minimum atomic E-state index is -3.24. The summed E-state index contributed by atoms with van der Waals surface area (Å²) in [5, 5.41) is 4.06. The molecule has 3 aromatic rings. The van der Waals surface area contributed by atoms with Gasteiger partial charge in [0.15, 0.2) is 9.84 Å². The van der Waals surface area contributed by atoms with Crippen LogP contribution in [0.1, 0.15) is 28.9 Å². The summed E-state index contributed by atoms with van der Waals surface area (Å²) in [5.41, 5.74) is 2.23. The fourth-order valence-corrected chi connectivity index (χ4v) is 3.33. The number of hydrogen-bond donors (Lipinski definition) is 0. The Morgan fingerprint density at radius 3 is 2.22 bits per heavy atom. The van der Waals surface area contributed by atoms with Crippen molar-refractivity contribution in [3.63, 3.8) is 0 Å². The number of amides is 1. The molecule has 1 unspecified atom stereocenters. The number of rotatable bonds is 5. The van der Waals surface area contributed by atoms with Crippen LogP contribution in [0.15, 0.2) is 66.1 Å². The minimum absolute atomic E-state index is 0.125. The second-order valence-corrected chi connectivity index (χ2v) is 8.34. The van der Waals surface area contributed by atoms with Gasteiger partial charge in [0, 0.05) is 18.9 Å². The number of sulfone groups is 1. The van der Waals surface area contributed by atoms with Crippen LogP contribution in [0.25, 0.3) is 5.69 Å². The van der Waals surface area contributed by atoms with Crippen molar-refractivity contribution in [1.82, 2.24) is 19.7 Å². The van der Waals surface area contributed by atoms with E-state index in [9.17, 15) is 13.2 Å². The molecule has 0 saturated carbocycles. The molecule has 2 aromatic carbocycles. The summed E-state index contributed by atoms with van der Waals surface area (Å²) >= 11 is 0. The van der Waals surface area contributed by atoms with Crippen molar-refractivity contribution < 1.29 is 13.2 Å². The van der Waals surface area contributed by atoms with Crippen LogP contribution in [0.5, 0.6) is 0 Å². The number of benzene rings is 2. The molecule has 1 atom stereocenters. The highest BCUT2D eigenvalue weighted by atomic mass is 32.2. The van der Waals surface area contributed by atoms with E-state index in [2.05, 4.69) is 10.1 Å². The molecule has 0 fully saturated rings. The van der Waals surface area contributed by atoms with Crippen molar-refractivity contribution in [3.05, 3.63) is 72.3 Å². The second kappa shape index (κ2) is 7.32. The van der Waals surface area contributed by atoms with E-state index in [-0.39, 0.29) is 16.8 Å². The van der Waals surface area contributed by atoms with Gasteiger partial charge >= 0.3 is 0 Å². The van der Waals surface area contributed by atoms with E-state index in [1.807, 2.05) is 6.92 Å². The molecule has 0 radical (unpaired) electrons. The van der Waals surface area contributed by atoms with Crippen LogP contribution < -0.4 is 0 Å². The highest BCUT2D eigenvalue weighted by Gasteiger charge is 2.19. The van der Waals surface area contributed by atoms with E-state index in [0.29, 0.717) is 5.56 Å². The summed E-state index contributed by atoms with van der Waals surface area (Å²) in [5.74, 6) is -0.125. The third-order valence-electron chi connectivity index (χ3n) is 4.49. The fourth-order valence-electron chi connectivity index (χ4n) is 2.69. The van der Waals surface area contributed by atoms with E-state index >= 15 is 0 Å². The van der Waals surface area contributed by atoms with Crippen molar-refractivity contribution in [2.75, 3.05) is 13.3 Å². The number of aromatic nitrogens is 3. The monoisotopic (exact) mass is 384 g/mol. The highest BCUT2D eigenvalue weighted by molar-refractivity contribution is 7.90. The lowest BCUT2D eigenvalue weighted by molar-refractivity contribution is 0.0742. The van der Waals surface area contributed by atoms with Gasteiger partial charge in [-0.25, -0.2) is 18.1 Å². The summed E-state index contributed by atoms with van der Waals surface area (Å²) in [6, 6.07) is 13.5. The molecule has 3 rings (SSSR count). The molecule has 1 aromatic heterocycles. The van der Waals surface area contributed by atoms with E-state index in [1.165, 1.54) is 12.6 Å². The van der Waals surface area contributed by atoms with Crippen LogP contribution in [0, 0.1) is 0 Å². The first-order valence-corrected chi connectivity index (χ1v) is 10.2. The molecule has 8 heteroatoms. The Morgan fingerprint density at radius 2 is 1.70 bits per heavy atom. The van der Waals surface area contributed by atoms with Crippen LogP contribution in [-0.2, 0) is 9.84 Å². The molecule has 7 nitrogen and oxygen atoms in total. The summed E-state index contributed by atoms with van der Waals surface area (Å²) in [6.45, 7) is 1.90. The molecule has 140 valence electrons. The van der Waals surface area contributed by atoms with Gasteiger partial charge in [0.25, 0.3) is 5.91 Å². The molecular formula is C19H20N4O3S. The van der Waals surface area contributed by atoms with Crippen LogP contribution >= 0.6 is 0 Å². The normalized spacial score (nSPS) is 12.6. The predicted octanol–water partition coefficient (Wildman–Crippen LogP) is 2.50. The first-order chi connectivity index (χ1) is 12.8. The van der Waals surface area contributed by atoms with Gasteiger partial charge in [-0.15, -0.1) is 0 Å². The van der Waals surface area contributed by atoms with Crippen molar-refractivity contribution in [2.24, 2.45) is 0 Å². The predicted molar refractivity (Wildman–Crippen MR) is 101 cm³/mol. The van der Waals surface area contributed by atoms with Gasteiger partial charge in [0.05, 0.1) is 16.6 Å². The molecule has 1 heterocycles. The van der Waals surface area contributed by atoms with Crippen LogP contribution in [-0.4, -0.2) is 47.3 Å². The second-order valence-electron chi connectivity index (χ2n) is 6.32. The van der Waals surface area contributed by atoms with Crippen LogP contribution in [0.4, 0.5) is 0 Å². The number of carbonyl (C=O) groups is 1. The Morgan fingerprint density at radius 1 is 1.07 bits per heavy atom. The van der Waals surface area contributed by atoms with Gasteiger partial charge < -0.3 is 4.90 Å². The molecule has 0 spiro atoms. The first kappa shape index (κ1) is 18.8. The topological polar surface area (TPSA) is 85.2 Å². The lowest BCUT2D eigenvalue weighted by Crippen LogP contribution is -2.29. The summed E-state index contributed by atoms with van der Waals surface area (Å²) in [6.07, 6.45) is 4.21. The van der Waals surface area contributed by atoms with Gasteiger partial charge in [0.1, 0.15) is 12.7 Å². The number of hydrogen-bond acceptors (Lipinski definition) is 5. The van der Waals surface area contributed by atoms with Crippen molar-refractivity contribution in [1.29, 1.82) is 0 Å². The Hall–Kier alpha value is -3.00. The largest absolute Gasteiger partial charge is 0.335 e. The molecule has 0 bridgehead atoms. The van der Waals surface area contributed by atoms with Gasteiger partial charge in [-0.05, 0) is 48.9 Å². The first-order valence-electron chi connectivity index (χ1n) is 8.29. The molecule has 1 amide bonds. The van der Waals surface area contributed by atoms with Gasteiger partial charge in [0.2, 0.25) is 0 Å². The third kappa shape index (κ3) is 4.06. The Balaban J connectivity index is 1.76. The maximum absolute atomic E-state index is 12.8. The minimum Gasteiger partial charge on any atom is -0.335 e. The molecule has 0 aliphatic rings. The zero-order chi connectivity index (χ0) is 19.6. The highest BCUT2D eigenvalue weighted by Crippen LogP contribution is 2.22. The maximum Gasteiger partial charge on any atom is 0.254 e. The molecular weight excluding hydrogens is 364 g/mol. The SMILES string of the molecule is CC(c1ccc(S(C)(=O)=O)cc1)N(C)C(=O)c1ccc(-n2cncn2)cc1. The lowest BCUT2D eigenvalue weighted by Gasteiger charge is -2.25. The van der Waals surface area contributed by atoms with E-state index in [0.717, 1.165) is 11.3 Å². The van der Waals surface area contributed by atoms with Crippen LogP contribution in [0.3, 0.4) is 0 Å². The zero-order valence-corrected chi connectivity index (χ0v) is 16.1. The van der Waals surface area contributed by atoms with E-state index < -0.39 is 9.84 Å². The average Bonchev–Trinajstić information content (AvgIpc) is 3.20. The van der Waals surface area contributed by atoms with Crippen LogP contribution in [0.2, 0.25) is 0 Å². The summed E-state index contributed by atoms with van der Waals surface area (Å²) < 4.78 is 24.8. The number of carbonyl (C=O) groups excluding carboxylic acids is 1. The van der Waals surface area contributed by atoms with E-state index in [1.54, 1.807) is 71.5 Å². The smallest absolute Gasteiger partial charge is 0.254 e. The van der Waals surface area contributed by atoms with E-state index in [4.69, 9.17) is 0 Å². The molecule has 0 aliphatic heterocycles. The van der Waals surface area contributed by atoms with Crippen molar-refractivity contribution in [3.8, 4) is 5.69 Å². The quantitative estimate of drug-likeness (QED) is 0.675. The van der Waals surface area contributed by atoms with Gasteiger partial charge in [-0.1, -0.05) is 12.1 Å². The molecule has 27 heavy (non-hydrogen) atoms. The average molecular weight is 384 g/mol. The lowest BCUT2D eigenvalue weighted by atomic mass is 10.1. The Kier molecular flexibility index (Phi) is 5.09. The fraction of sp³-hybridized carbons (Fsp3) is 0.211. The molecule has 0 saturated heterocycles. The van der Waals surface area contributed by atoms with Crippen molar-refractivity contribution in [2.45, 2.75) is 17.9 Å². The summed E-state index contributed by atoms with van der Waals surface area (Å²) in [7, 11) is -1.51. The van der Waals surface area contributed by atoms with Gasteiger partial charge in [-0.3, -0.25) is 4.79 Å². The van der Waals surface area contributed by atoms with Crippen molar-refractivity contribution >= 4 is 15.7 Å². The maximum atomic E-state index is 12.8.